The van der Waals surface area contributed by atoms with Gasteiger partial charge in [-0.15, -0.1) is 0 Å². The van der Waals surface area contributed by atoms with E-state index >= 15 is 0 Å². The second-order valence-electron chi connectivity index (χ2n) is 6.42. The first kappa shape index (κ1) is 17.0. The third kappa shape index (κ3) is 4.83. The van der Waals surface area contributed by atoms with Crippen LogP contribution >= 0.6 is 0 Å². The van der Waals surface area contributed by atoms with Crippen LogP contribution in [0, 0.1) is 0 Å². The molecule has 0 heterocycles. The Labute approximate surface area is 149 Å². The van der Waals surface area contributed by atoms with Crippen molar-refractivity contribution in [3.63, 3.8) is 0 Å². The summed E-state index contributed by atoms with van der Waals surface area (Å²) in [5.41, 5.74) is 1.40. The van der Waals surface area contributed by atoms with E-state index in [0.29, 0.717) is 5.69 Å². The summed E-state index contributed by atoms with van der Waals surface area (Å²) in [4.78, 5) is 25.1. The molecule has 1 amide bonds. The molecule has 0 saturated carbocycles. The zero-order valence-electron chi connectivity index (χ0n) is 15.6. The van der Waals surface area contributed by atoms with E-state index < -0.39 is 23.7 Å². The van der Waals surface area contributed by atoms with E-state index in [0.717, 1.165) is 16.0 Å². The fraction of sp³-hybridized carbons (Fsp3) is 0.300. The Morgan fingerprint density at radius 3 is 2.16 bits per heavy atom. The molecule has 0 aromatic heterocycles. The SMILES string of the molecule is [2H]CC(C)(C)OC(=O)N(c1ccc(-c2ccccc2)cc1)[C@@H](C)C(=O)O. The minimum Gasteiger partial charge on any atom is -0.480 e. The van der Waals surface area contributed by atoms with E-state index in [2.05, 4.69) is 0 Å². The molecule has 0 radical (unpaired) electrons. The van der Waals surface area contributed by atoms with Crippen LogP contribution < -0.4 is 4.90 Å². The monoisotopic (exact) mass is 342 g/mol. The molecule has 0 unspecified atom stereocenters. The number of carboxylic acid groups (broad SMARTS) is 1. The summed E-state index contributed by atoms with van der Waals surface area (Å²) in [7, 11) is 0. The quantitative estimate of drug-likeness (QED) is 0.884. The lowest BCUT2D eigenvalue weighted by atomic mass is 10.1. The first-order valence-corrected chi connectivity index (χ1v) is 7.95. The summed E-state index contributed by atoms with van der Waals surface area (Å²) in [5.74, 6) is -1.14. The summed E-state index contributed by atoms with van der Waals surface area (Å²) >= 11 is 0. The molecule has 0 saturated heterocycles. The number of carbonyl (C=O) groups is 2. The molecule has 0 aliphatic carbocycles. The van der Waals surface area contributed by atoms with Gasteiger partial charge < -0.3 is 9.84 Å². The lowest BCUT2D eigenvalue weighted by Gasteiger charge is -2.30. The molecule has 2 rings (SSSR count). The number of carboxylic acids is 1. The number of benzene rings is 2. The first-order valence-electron chi connectivity index (χ1n) is 8.65. The van der Waals surface area contributed by atoms with Crippen molar-refractivity contribution in [2.45, 2.75) is 39.3 Å². The van der Waals surface area contributed by atoms with Crippen LogP contribution in [0.3, 0.4) is 0 Å². The van der Waals surface area contributed by atoms with Gasteiger partial charge in [-0.2, -0.15) is 0 Å². The standard InChI is InChI=1S/C20H23NO4/c1-14(18(22)23)21(19(24)25-20(2,3)4)17-12-10-16(11-13-17)15-8-6-5-7-9-15/h5-14H,1-4H3,(H,22,23)/t14-/m0/s1/i2D. The average Bonchev–Trinajstić information content (AvgIpc) is 2.62. The van der Waals surface area contributed by atoms with Crippen molar-refractivity contribution >= 4 is 17.7 Å². The number of anilines is 1. The van der Waals surface area contributed by atoms with Crippen LogP contribution in [0.25, 0.3) is 11.1 Å². The Bertz CT molecular complexity index is 759. The molecule has 1 N–H and O–H groups in total. The number of aliphatic carboxylic acids is 1. The van der Waals surface area contributed by atoms with Gasteiger partial charge in [0.15, 0.2) is 0 Å². The Balaban J connectivity index is 2.33. The smallest absolute Gasteiger partial charge is 0.415 e. The fourth-order valence-electron chi connectivity index (χ4n) is 2.33. The van der Waals surface area contributed by atoms with Crippen LogP contribution in [0.5, 0.6) is 0 Å². The molecule has 25 heavy (non-hydrogen) atoms. The molecule has 2 aromatic carbocycles. The van der Waals surface area contributed by atoms with Crippen LogP contribution in [-0.4, -0.2) is 28.8 Å². The van der Waals surface area contributed by atoms with E-state index in [1.54, 1.807) is 26.0 Å². The molecular weight excluding hydrogens is 318 g/mol. The minimum absolute atomic E-state index is 0.124. The maximum Gasteiger partial charge on any atom is 0.415 e. The second-order valence-corrected chi connectivity index (χ2v) is 6.42. The summed E-state index contributed by atoms with van der Waals surface area (Å²) in [6.45, 7) is 4.52. The topological polar surface area (TPSA) is 66.8 Å². The Morgan fingerprint density at radius 1 is 1.08 bits per heavy atom. The minimum atomic E-state index is -1.14. The highest BCUT2D eigenvalue weighted by Crippen LogP contribution is 2.25. The van der Waals surface area contributed by atoms with Crippen LogP contribution in [0.4, 0.5) is 10.5 Å². The van der Waals surface area contributed by atoms with Crippen LogP contribution in [0.1, 0.15) is 29.0 Å². The van der Waals surface area contributed by atoms with Crippen molar-refractivity contribution in [1.82, 2.24) is 0 Å². The normalized spacial score (nSPS) is 12.8. The number of nitrogens with zero attached hydrogens (tertiary/aromatic N) is 1. The van der Waals surface area contributed by atoms with Gasteiger partial charge in [-0.05, 0) is 50.9 Å². The zero-order chi connectivity index (χ0) is 19.3. The fourth-order valence-corrected chi connectivity index (χ4v) is 2.33. The van der Waals surface area contributed by atoms with Gasteiger partial charge in [0.25, 0.3) is 0 Å². The van der Waals surface area contributed by atoms with Gasteiger partial charge in [-0.3, -0.25) is 4.90 Å². The number of rotatable bonds is 4. The van der Waals surface area contributed by atoms with Gasteiger partial charge in [-0.25, -0.2) is 9.59 Å². The number of amides is 1. The Morgan fingerprint density at radius 2 is 1.64 bits per heavy atom. The van der Waals surface area contributed by atoms with Crippen molar-refractivity contribution in [3.05, 3.63) is 54.6 Å². The molecule has 1 atom stereocenters. The van der Waals surface area contributed by atoms with E-state index in [-0.39, 0.29) is 6.90 Å². The molecule has 5 nitrogen and oxygen atoms in total. The van der Waals surface area contributed by atoms with E-state index in [9.17, 15) is 14.7 Å². The first-order chi connectivity index (χ1) is 12.2. The number of hydrogen-bond donors (Lipinski definition) is 1. The van der Waals surface area contributed by atoms with Crippen molar-refractivity contribution < 1.29 is 20.8 Å². The molecule has 0 spiro atoms. The molecule has 0 bridgehead atoms. The number of ether oxygens (including phenoxy) is 1. The summed E-state index contributed by atoms with van der Waals surface area (Å²) < 4.78 is 12.8. The van der Waals surface area contributed by atoms with Gasteiger partial charge in [0.2, 0.25) is 0 Å². The zero-order valence-corrected chi connectivity index (χ0v) is 14.6. The highest BCUT2D eigenvalue weighted by Gasteiger charge is 2.31. The van der Waals surface area contributed by atoms with Crippen molar-refractivity contribution in [1.29, 1.82) is 0 Å². The predicted octanol–water partition coefficient (Wildman–Crippen LogP) is 4.57. The van der Waals surface area contributed by atoms with E-state index in [4.69, 9.17) is 6.11 Å². The highest BCUT2D eigenvalue weighted by atomic mass is 16.6. The molecule has 132 valence electrons. The van der Waals surface area contributed by atoms with Gasteiger partial charge >= 0.3 is 12.1 Å². The van der Waals surface area contributed by atoms with Gasteiger partial charge in [0.1, 0.15) is 11.6 Å². The molecule has 0 aliphatic heterocycles. The third-order valence-corrected chi connectivity index (χ3v) is 3.56. The highest BCUT2D eigenvalue weighted by molar-refractivity contribution is 5.95. The molecule has 5 heteroatoms. The van der Waals surface area contributed by atoms with Crippen LogP contribution in [0.2, 0.25) is 0 Å². The second kappa shape index (κ2) is 7.38. The maximum atomic E-state index is 12.6. The lowest BCUT2D eigenvalue weighted by molar-refractivity contribution is -0.138. The summed E-state index contributed by atoms with van der Waals surface area (Å²) in [6, 6.07) is 15.7. The predicted molar refractivity (Wildman–Crippen MR) is 97.7 cm³/mol. The third-order valence-electron chi connectivity index (χ3n) is 3.56. The van der Waals surface area contributed by atoms with Crippen molar-refractivity contribution in [2.24, 2.45) is 0 Å². The van der Waals surface area contributed by atoms with Gasteiger partial charge in [0.05, 0.1) is 0 Å². The number of hydrogen-bond acceptors (Lipinski definition) is 3. The Hall–Kier alpha value is -2.82. The molecular formula is C20H23NO4. The van der Waals surface area contributed by atoms with Crippen molar-refractivity contribution in [2.75, 3.05) is 4.90 Å². The molecule has 2 aromatic rings. The molecule has 0 aliphatic rings. The number of carbonyl (C=O) groups excluding carboxylic acids is 1. The van der Waals surface area contributed by atoms with Gasteiger partial charge in [-0.1, -0.05) is 42.5 Å². The lowest BCUT2D eigenvalue weighted by Crippen LogP contribution is -2.46. The van der Waals surface area contributed by atoms with E-state index in [1.807, 2.05) is 42.5 Å². The van der Waals surface area contributed by atoms with E-state index in [1.165, 1.54) is 6.92 Å². The average molecular weight is 342 g/mol. The largest absolute Gasteiger partial charge is 0.480 e. The van der Waals surface area contributed by atoms with Gasteiger partial charge in [0, 0.05) is 7.06 Å². The molecule has 0 fully saturated rings. The maximum absolute atomic E-state index is 12.6. The van der Waals surface area contributed by atoms with Crippen molar-refractivity contribution in [3.8, 4) is 11.1 Å². The Kier molecular flexibility index (Phi) is 5.03. The summed E-state index contributed by atoms with van der Waals surface area (Å²) in [5, 5.41) is 9.36. The van der Waals surface area contributed by atoms with Crippen LogP contribution in [0.15, 0.2) is 54.6 Å². The van der Waals surface area contributed by atoms with Crippen LogP contribution in [-0.2, 0) is 9.53 Å². The summed E-state index contributed by atoms with van der Waals surface area (Å²) in [6.07, 6.45) is -0.787.